The van der Waals surface area contributed by atoms with Gasteiger partial charge in [0.15, 0.2) is 0 Å². The second-order valence-corrected chi connectivity index (χ2v) is 5.96. The summed E-state index contributed by atoms with van der Waals surface area (Å²) >= 11 is 0. The van der Waals surface area contributed by atoms with Crippen LogP contribution in [0.4, 0.5) is 0 Å². The molecule has 0 radical (unpaired) electrons. The SMILES string of the molecule is CCNCCS(=O)(=O)N1CCOCC1CC. The Kier molecular flexibility index (Phi) is 5.68. The molecule has 1 fully saturated rings. The molecule has 0 amide bonds. The smallest absolute Gasteiger partial charge is 0.215 e. The second-order valence-electron chi connectivity index (χ2n) is 3.92. The number of rotatable bonds is 6. The lowest BCUT2D eigenvalue weighted by atomic mass is 10.2. The van der Waals surface area contributed by atoms with E-state index in [0.29, 0.717) is 26.3 Å². The summed E-state index contributed by atoms with van der Waals surface area (Å²) in [6, 6.07) is 0.0142. The number of nitrogens with one attached hydrogen (secondary N) is 1. The standard InChI is InChI=1S/C10H22N2O3S/c1-3-10-9-15-7-6-12(10)16(13,14)8-5-11-4-2/h10-11H,3-9H2,1-2H3. The minimum Gasteiger partial charge on any atom is -0.378 e. The van der Waals surface area contributed by atoms with Crippen LogP contribution in [0.3, 0.4) is 0 Å². The van der Waals surface area contributed by atoms with Gasteiger partial charge in [0.25, 0.3) is 0 Å². The monoisotopic (exact) mass is 250 g/mol. The Bertz CT molecular complexity index is 292. The van der Waals surface area contributed by atoms with Crippen LogP contribution in [-0.4, -0.2) is 57.4 Å². The van der Waals surface area contributed by atoms with Gasteiger partial charge in [-0.05, 0) is 13.0 Å². The fourth-order valence-electron chi connectivity index (χ4n) is 1.82. The normalized spacial score (nSPS) is 23.5. The molecular weight excluding hydrogens is 228 g/mol. The Hall–Kier alpha value is -0.170. The van der Waals surface area contributed by atoms with Gasteiger partial charge in [0, 0.05) is 19.1 Å². The number of sulfonamides is 1. The topological polar surface area (TPSA) is 58.6 Å². The highest BCUT2D eigenvalue weighted by molar-refractivity contribution is 7.89. The average Bonchev–Trinajstić information content (AvgIpc) is 2.29. The van der Waals surface area contributed by atoms with E-state index in [2.05, 4.69) is 5.32 Å². The van der Waals surface area contributed by atoms with E-state index >= 15 is 0 Å². The van der Waals surface area contributed by atoms with Crippen LogP contribution in [0.5, 0.6) is 0 Å². The van der Waals surface area contributed by atoms with Gasteiger partial charge in [0.1, 0.15) is 0 Å². The molecule has 1 aliphatic heterocycles. The molecule has 0 aliphatic carbocycles. The third kappa shape index (κ3) is 3.69. The van der Waals surface area contributed by atoms with Crippen LogP contribution in [0.25, 0.3) is 0 Å². The summed E-state index contributed by atoms with van der Waals surface area (Å²) in [7, 11) is -3.13. The largest absolute Gasteiger partial charge is 0.378 e. The van der Waals surface area contributed by atoms with Crippen molar-refractivity contribution in [2.45, 2.75) is 26.3 Å². The second kappa shape index (κ2) is 6.54. The van der Waals surface area contributed by atoms with Crippen LogP contribution in [0.1, 0.15) is 20.3 Å². The van der Waals surface area contributed by atoms with Crippen LogP contribution in [0.2, 0.25) is 0 Å². The Morgan fingerprint density at radius 3 is 2.81 bits per heavy atom. The molecule has 1 rings (SSSR count). The predicted octanol–water partition coefficient (Wildman–Crippen LogP) is 0.0365. The van der Waals surface area contributed by atoms with Crippen molar-refractivity contribution < 1.29 is 13.2 Å². The van der Waals surface area contributed by atoms with Gasteiger partial charge < -0.3 is 10.1 Å². The maximum absolute atomic E-state index is 12.1. The van der Waals surface area contributed by atoms with Gasteiger partial charge in [-0.1, -0.05) is 13.8 Å². The van der Waals surface area contributed by atoms with E-state index < -0.39 is 10.0 Å². The molecule has 0 saturated carbocycles. The van der Waals surface area contributed by atoms with E-state index in [9.17, 15) is 8.42 Å². The minimum atomic E-state index is -3.13. The van der Waals surface area contributed by atoms with Crippen molar-refractivity contribution in [3.8, 4) is 0 Å². The van der Waals surface area contributed by atoms with Gasteiger partial charge in [0.05, 0.1) is 19.0 Å². The van der Waals surface area contributed by atoms with Gasteiger partial charge in [-0.25, -0.2) is 8.42 Å². The highest BCUT2D eigenvalue weighted by atomic mass is 32.2. The van der Waals surface area contributed by atoms with E-state index in [-0.39, 0.29) is 11.8 Å². The van der Waals surface area contributed by atoms with Crippen molar-refractivity contribution in [2.24, 2.45) is 0 Å². The molecule has 1 unspecified atom stereocenters. The quantitative estimate of drug-likeness (QED) is 0.676. The molecule has 1 atom stereocenters. The molecule has 0 aromatic rings. The Balaban J connectivity index is 2.57. The van der Waals surface area contributed by atoms with Gasteiger partial charge >= 0.3 is 0 Å². The third-order valence-electron chi connectivity index (χ3n) is 2.79. The Labute approximate surface area is 98.2 Å². The molecule has 1 N–H and O–H groups in total. The Morgan fingerprint density at radius 1 is 1.44 bits per heavy atom. The van der Waals surface area contributed by atoms with Crippen LogP contribution < -0.4 is 5.32 Å². The highest BCUT2D eigenvalue weighted by Gasteiger charge is 2.31. The third-order valence-corrected chi connectivity index (χ3v) is 4.70. The first kappa shape index (κ1) is 13.9. The molecule has 5 nitrogen and oxygen atoms in total. The molecule has 96 valence electrons. The maximum Gasteiger partial charge on any atom is 0.215 e. The van der Waals surface area contributed by atoms with E-state index in [0.717, 1.165) is 13.0 Å². The van der Waals surface area contributed by atoms with Crippen molar-refractivity contribution in [3.05, 3.63) is 0 Å². The summed E-state index contributed by atoms with van der Waals surface area (Å²) in [6.07, 6.45) is 0.806. The molecule has 0 bridgehead atoms. The van der Waals surface area contributed by atoms with Crippen molar-refractivity contribution in [1.82, 2.24) is 9.62 Å². The summed E-state index contributed by atoms with van der Waals surface area (Å²) in [5.74, 6) is 0.178. The fourth-order valence-corrected chi connectivity index (χ4v) is 3.48. The number of hydrogen-bond donors (Lipinski definition) is 1. The highest BCUT2D eigenvalue weighted by Crippen LogP contribution is 2.15. The molecule has 0 spiro atoms. The van der Waals surface area contributed by atoms with Gasteiger partial charge in [-0.15, -0.1) is 0 Å². The molecule has 6 heteroatoms. The van der Waals surface area contributed by atoms with Crippen LogP contribution in [0.15, 0.2) is 0 Å². The summed E-state index contributed by atoms with van der Waals surface area (Å²) in [5.41, 5.74) is 0. The zero-order chi connectivity index (χ0) is 12.0. The summed E-state index contributed by atoms with van der Waals surface area (Å²) in [4.78, 5) is 0. The van der Waals surface area contributed by atoms with Crippen LogP contribution in [0, 0.1) is 0 Å². The molecular formula is C10H22N2O3S. The van der Waals surface area contributed by atoms with Crippen molar-refractivity contribution in [1.29, 1.82) is 0 Å². The van der Waals surface area contributed by atoms with E-state index in [1.165, 1.54) is 0 Å². The minimum absolute atomic E-state index is 0.0142. The van der Waals surface area contributed by atoms with Gasteiger partial charge in [0.2, 0.25) is 10.0 Å². The summed E-state index contributed by atoms with van der Waals surface area (Å²) in [6.45, 7) is 6.81. The zero-order valence-electron chi connectivity index (χ0n) is 10.1. The van der Waals surface area contributed by atoms with Crippen LogP contribution >= 0.6 is 0 Å². The fraction of sp³-hybridized carbons (Fsp3) is 1.00. The predicted molar refractivity (Wildman–Crippen MR) is 63.9 cm³/mol. The molecule has 0 aromatic heterocycles. The molecule has 1 aliphatic rings. The van der Waals surface area contributed by atoms with Gasteiger partial charge in [-0.3, -0.25) is 0 Å². The molecule has 1 saturated heterocycles. The first-order chi connectivity index (χ1) is 7.61. The number of morpholine rings is 1. The van der Waals surface area contributed by atoms with Gasteiger partial charge in [-0.2, -0.15) is 4.31 Å². The van der Waals surface area contributed by atoms with E-state index in [1.54, 1.807) is 4.31 Å². The first-order valence-corrected chi connectivity index (χ1v) is 7.50. The maximum atomic E-state index is 12.1. The lowest BCUT2D eigenvalue weighted by Gasteiger charge is -2.34. The lowest BCUT2D eigenvalue weighted by Crippen LogP contribution is -2.49. The van der Waals surface area contributed by atoms with E-state index in [4.69, 9.17) is 4.74 Å². The molecule has 0 aromatic carbocycles. The number of hydrogen-bond acceptors (Lipinski definition) is 4. The first-order valence-electron chi connectivity index (χ1n) is 5.89. The van der Waals surface area contributed by atoms with Crippen molar-refractivity contribution in [3.63, 3.8) is 0 Å². The molecule has 1 heterocycles. The summed E-state index contributed by atoms with van der Waals surface area (Å²) in [5, 5.41) is 3.04. The zero-order valence-corrected chi connectivity index (χ0v) is 10.9. The number of ether oxygens (including phenoxy) is 1. The Morgan fingerprint density at radius 2 is 2.19 bits per heavy atom. The van der Waals surface area contributed by atoms with E-state index in [1.807, 2.05) is 13.8 Å². The lowest BCUT2D eigenvalue weighted by molar-refractivity contribution is 0.0314. The van der Waals surface area contributed by atoms with Crippen LogP contribution in [-0.2, 0) is 14.8 Å². The summed E-state index contributed by atoms with van der Waals surface area (Å²) < 4.78 is 31.0. The molecule has 16 heavy (non-hydrogen) atoms. The number of nitrogens with zero attached hydrogens (tertiary/aromatic N) is 1. The average molecular weight is 250 g/mol. The van der Waals surface area contributed by atoms with Crippen molar-refractivity contribution >= 4 is 10.0 Å². The van der Waals surface area contributed by atoms with Crippen molar-refractivity contribution in [2.75, 3.05) is 38.6 Å².